The first-order chi connectivity index (χ1) is 10.5. The molecule has 0 aliphatic rings. The number of nitrogens with zero attached hydrogens (tertiary/aromatic N) is 1. The zero-order chi connectivity index (χ0) is 15.7. The van der Waals surface area contributed by atoms with Crippen molar-refractivity contribution >= 4 is 22.9 Å². The van der Waals surface area contributed by atoms with Crippen molar-refractivity contribution in [1.29, 1.82) is 0 Å². The van der Waals surface area contributed by atoms with E-state index in [-0.39, 0.29) is 5.91 Å². The minimum atomic E-state index is -0.185. The van der Waals surface area contributed by atoms with Crippen LogP contribution in [0.2, 0.25) is 0 Å². The zero-order valence-electron chi connectivity index (χ0n) is 12.6. The summed E-state index contributed by atoms with van der Waals surface area (Å²) in [6.45, 7) is 5.90. The van der Waals surface area contributed by atoms with Gasteiger partial charge in [-0.2, -0.15) is 0 Å². The van der Waals surface area contributed by atoms with Gasteiger partial charge in [-0.1, -0.05) is 12.1 Å². The van der Waals surface area contributed by atoms with Gasteiger partial charge in [0.2, 0.25) is 0 Å². The van der Waals surface area contributed by atoms with Crippen LogP contribution in [0.5, 0.6) is 0 Å². The van der Waals surface area contributed by atoms with E-state index in [1.807, 2.05) is 44.4 Å². The highest BCUT2D eigenvalue weighted by atomic mass is 32.1. The van der Waals surface area contributed by atoms with Crippen LogP contribution < -0.4 is 5.32 Å². The molecule has 1 N–H and O–H groups in total. The molecule has 0 unspecified atom stereocenters. The van der Waals surface area contributed by atoms with Gasteiger partial charge >= 0.3 is 0 Å². The third-order valence-corrected chi connectivity index (χ3v) is 4.15. The Hall–Kier alpha value is -2.40. The number of hydrogen-bond acceptors (Lipinski definition) is 4. The largest absolute Gasteiger partial charge is 0.462 e. The number of rotatable bonds is 3. The van der Waals surface area contributed by atoms with Crippen molar-refractivity contribution in [3.8, 4) is 11.5 Å². The number of amides is 1. The molecule has 0 bridgehead atoms. The highest BCUT2D eigenvalue weighted by Crippen LogP contribution is 2.24. The number of furan rings is 1. The van der Waals surface area contributed by atoms with E-state index >= 15 is 0 Å². The molecule has 2 aromatic heterocycles. The average Bonchev–Trinajstić information content (AvgIpc) is 3.11. The average molecular weight is 312 g/mol. The van der Waals surface area contributed by atoms with E-state index in [0.717, 1.165) is 27.5 Å². The predicted octanol–water partition coefficient (Wildman–Crippen LogP) is 4.58. The van der Waals surface area contributed by atoms with Crippen molar-refractivity contribution in [1.82, 2.24) is 4.98 Å². The molecule has 22 heavy (non-hydrogen) atoms. The maximum Gasteiger partial charge on any atom is 0.258 e. The summed E-state index contributed by atoms with van der Waals surface area (Å²) in [6, 6.07) is 7.68. The molecule has 0 atom stereocenters. The number of nitrogens with one attached hydrogen (secondary N) is 1. The summed E-state index contributed by atoms with van der Waals surface area (Å²) in [7, 11) is 0. The second-order valence-electron chi connectivity index (χ2n) is 5.22. The van der Waals surface area contributed by atoms with Crippen LogP contribution in [0.3, 0.4) is 0 Å². The molecule has 0 aliphatic carbocycles. The standard InChI is InChI=1S/C17H16N2O2S/c1-10-4-5-11(2)14(6-10)19-17(20)13-7-16(21-8-13)15-9-22-12(3)18-15/h4-9H,1-3H3,(H,19,20). The van der Waals surface area contributed by atoms with Gasteiger partial charge in [0.15, 0.2) is 5.76 Å². The van der Waals surface area contributed by atoms with Crippen LogP contribution in [0.4, 0.5) is 5.69 Å². The van der Waals surface area contributed by atoms with Crippen LogP contribution in [0.25, 0.3) is 11.5 Å². The molecule has 0 radical (unpaired) electrons. The molecule has 4 nitrogen and oxygen atoms in total. The molecular weight excluding hydrogens is 296 g/mol. The molecular formula is C17H16N2O2S. The molecule has 112 valence electrons. The normalized spacial score (nSPS) is 10.7. The highest BCUT2D eigenvalue weighted by molar-refractivity contribution is 7.09. The van der Waals surface area contributed by atoms with E-state index in [2.05, 4.69) is 10.3 Å². The van der Waals surface area contributed by atoms with Crippen LogP contribution in [-0.4, -0.2) is 10.9 Å². The van der Waals surface area contributed by atoms with Crippen LogP contribution >= 0.6 is 11.3 Å². The predicted molar refractivity (Wildman–Crippen MR) is 88.4 cm³/mol. The van der Waals surface area contributed by atoms with E-state index in [0.29, 0.717) is 11.3 Å². The Morgan fingerprint density at radius 1 is 1.23 bits per heavy atom. The molecule has 0 aliphatic heterocycles. The van der Waals surface area contributed by atoms with E-state index in [1.54, 1.807) is 17.4 Å². The fourth-order valence-electron chi connectivity index (χ4n) is 2.13. The molecule has 0 fully saturated rings. The summed E-state index contributed by atoms with van der Waals surface area (Å²) >= 11 is 1.55. The Morgan fingerprint density at radius 2 is 2.05 bits per heavy atom. The summed E-state index contributed by atoms with van der Waals surface area (Å²) in [5, 5.41) is 5.80. The smallest absolute Gasteiger partial charge is 0.258 e. The van der Waals surface area contributed by atoms with Crippen LogP contribution in [0, 0.1) is 20.8 Å². The maximum absolute atomic E-state index is 12.3. The van der Waals surface area contributed by atoms with Crippen molar-refractivity contribution in [3.63, 3.8) is 0 Å². The number of benzene rings is 1. The van der Waals surface area contributed by atoms with Crippen molar-refractivity contribution in [2.45, 2.75) is 20.8 Å². The molecule has 5 heteroatoms. The van der Waals surface area contributed by atoms with Crippen molar-refractivity contribution in [3.05, 3.63) is 57.6 Å². The molecule has 0 saturated heterocycles. The molecule has 1 amide bonds. The van der Waals surface area contributed by atoms with Gasteiger partial charge in [0, 0.05) is 11.1 Å². The van der Waals surface area contributed by atoms with E-state index in [1.165, 1.54) is 6.26 Å². The van der Waals surface area contributed by atoms with Gasteiger partial charge in [0.1, 0.15) is 12.0 Å². The summed E-state index contributed by atoms with van der Waals surface area (Å²) in [4.78, 5) is 16.7. The Morgan fingerprint density at radius 3 is 2.77 bits per heavy atom. The van der Waals surface area contributed by atoms with Gasteiger partial charge in [-0.25, -0.2) is 4.98 Å². The zero-order valence-corrected chi connectivity index (χ0v) is 13.5. The summed E-state index contributed by atoms with van der Waals surface area (Å²) in [6.07, 6.45) is 1.46. The molecule has 0 saturated carbocycles. The van der Waals surface area contributed by atoms with Gasteiger partial charge in [-0.3, -0.25) is 4.79 Å². The summed E-state index contributed by atoms with van der Waals surface area (Å²) < 4.78 is 5.46. The van der Waals surface area contributed by atoms with Gasteiger partial charge in [0.05, 0.1) is 10.6 Å². The number of aromatic nitrogens is 1. The topological polar surface area (TPSA) is 55.1 Å². The number of carbonyl (C=O) groups excluding carboxylic acids is 1. The Kier molecular flexibility index (Phi) is 3.81. The van der Waals surface area contributed by atoms with Crippen molar-refractivity contribution in [2.75, 3.05) is 5.32 Å². The number of aryl methyl sites for hydroxylation is 3. The lowest BCUT2D eigenvalue weighted by atomic mass is 10.1. The SMILES string of the molecule is Cc1ccc(C)c(NC(=O)c2coc(-c3csc(C)n3)c2)c1. The van der Waals surface area contributed by atoms with Crippen LogP contribution in [0.15, 0.2) is 40.3 Å². The van der Waals surface area contributed by atoms with Gasteiger partial charge in [-0.05, 0) is 44.0 Å². The molecule has 1 aromatic carbocycles. The molecule has 0 spiro atoms. The number of anilines is 1. The number of thiazole rings is 1. The highest BCUT2D eigenvalue weighted by Gasteiger charge is 2.14. The molecule has 2 heterocycles. The molecule has 3 rings (SSSR count). The Labute approximate surface area is 132 Å². The second kappa shape index (κ2) is 5.77. The number of carbonyl (C=O) groups is 1. The number of hydrogen-bond donors (Lipinski definition) is 1. The van der Waals surface area contributed by atoms with E-state index in [9.17, 15) is 4.79 Å². The van der Waals surface area contributed by atoms with Gasteiger partial charge < -0.3 is 9.73 Å². The lowest BCUT2D eigenvalue weighted by Gasteiger charge is -2.08. The van der Waals surface area contributed by atoms with Crippen molar-refractivity contribution < 1.29 is 9.21 Å². The van der Waals surface area contributed by atoms with Gasteiger partial charge in [0.25, 0.3) is 5.91 Å². The van der Waals surface area contributed by atoms with Gasteiger partial charge in [-0.15, -0.1) is 11.3 Å². The maximum atomic E-state index is 12.3. The fraction of sp³-hybridized carbons (Fsp3) is 0.176. The quantitative estimate of drug-likeness (QED) is 0.770. The first-order valence-electron chi connectivity index (χ1n) is 6.92. The third-order valence-electron chi connectivity index (χ3n) is 3.37. The summed E-state index contributed by atoms with van der Waals surface area (Å²) in [5.74, 6) is 0.422. The minimum Gasteiger partial charge on any atom is -0.462 e. The Bertz CT molecular complexity index is 833. The monoisotopic (exact) mass is 312 g/mol. The lowest BCUT2D eigenvalue weighted by Crippen LogP contribution is -2.11. The summed E-state index contributed by atoms with van der Waals surface area (Å²) in [5.41, 5.74) is 4.19. The molecule has 3 aromatic rings. The third kappa shape index (κ3) is 2.94. The minimum absolute atomic E-state index is 0.185. The van der Waals surface area contributed by atoms with E-state index in [4.69, 9.17) is 4.42 Å². The second-order valence-corrected chi connectivity index (χ2v) is 6.29. The first kappa shape index (κ1) is 14.5. The lowest BCUT2D eigenvalue weighted by molar-refractivity contribution is 0.102. The fourth-order valence-corrected chi connectivity index (χ4v) is 2.73. The van der Waals surface area contributed by atoms with Crippen molar-refractivity contribution in [2.24, 2.45) is 0 Å². The Balaban J connectivity index is 1.81. The van der Waals surface area contributed by atoms with E-state index < -0.39 is 0 Å². The van der Waals surface area contributed by atoms with Crippen LogP contribution in [-0.2, 0) is 0 Å². The van der Waals surface area contributed by atoms with Crippen LogP contribution in [0.1, 0.15) is 26.5 Å². The first-order valence-corrected chi connectivity index (χ1v) is 7.80.